The summed E-state index contributed by atoms with van der Waals surface area (Å²) in [4.78, 5) is 11.6. The quantitative estimate of drug-likeness (QED) is 0.359. The third-order valence-corrected chi connectivity index (χ3v) is 6.78. The fraction of sp³-hybridized carbons (Fsp3) is 0.400. The van der Waals surface area contributed by atoms with Crippen molar-refractivity contribution in [1.29, 1.82) is 0 Å². The van der Waals surface area contributed by atoms with Crippen molar-refractivity contribution < 1.29 is 15.0 Å². The molecule has 3 rings (SSSR count). The van der Waals surface area contributed by atoms with Crippen LogP contribution >= 0.6 is 20.7 Å². The molecule has 27 heavy (non-hydrogen) atoms. The number of aliphatic hydroxyl groups is 1. The Morgan fingerprint density at radius 3 is 2.85 bits per heavy atom. The summed E-state index contributed by atoms with van der Waals surface area (Å²) in [6.45, 7) is 6.84. The van der Waals surface area contributed by atoms with Gasteiger partial charge in [0.05, 0.1) is 6.10 Å². The van der Waals surface area contributed by atoms with Crippen LogP contribution in [-0.2, 0) is 0 Å². The van der Waals surface area contributed by atoms with Gasteiger partial charge >= 0.3 is 0 Å². The molecule has 143 valence electrons. The predicted octanol–water partition coefficient (Wildman–Crippen LogP) is 2.92. The van der Waals surface area contributed by atoms with Crippen molar-refractivity contribution in [2.45, 2.75) is 38.8 Å². The van der Waals surface area contributed by atoms with Crippen LogP contribution in [0.5, 0.6) is 5.75 Å². The lowest BCUT2D eigenvalue weighted by Crippen LogP contribution is -2.43. The van der Waals surface area contributed by atoms with Gasteiger partial charge in [0.15, 0.2) is 5.81 Å². The molecule has 5 nitrogen and oxygen atoms in total. The molecule has 7 heteroatoms. The lowest BCUT2D eigenvalue weighted by atomic mass is 9.69. The number of hydrogen-bond donors (Lipinski definition) is 4. The minimum Gasteiger partial charge on any atom is -0.508 e. The number of carbonyl (C=O) groups excluding carboxylic acids is 1. The van der Waals surface area contributed by atoms with Gasteiger partial charge in [0.1, 0.15) is 5.75 Å². The molecular formula is C20H25BIN2O3. The van der Waals surface area contributed by atoms with Crippen molar-refractivity contribution in [3.05, 3.63) is 39.5 Å². The minimum absolute atomic E-state index is 0.0300. The number of carbonyl (C=O) groups is 1. The number of amides is 1. The summed E-state index contributed by atoms with van der Waals surface area (Å²) in [5, 5.41) is 26.7. The fourth-order valence-corrected chi connectivity index (χ4v) is 5.44. The Hall–Kier alpha value is -1.45. The van der Waals surface area contributed by atoms with Crippen molar-refractivity contribution in [3.63, 3.8) is 0 Å². The number of nitrogens with one attached hydrogen (secondary N) is 2. The third kappa shape index (κ3) is 5.09. The van der Waals surface area contributed by atoms with Gasteiger partial charge < -0.3 is 20.8 Å². The number of β-amino-alcohol motifs (C(OH)–C–C–N with tert-alkyl or cyclic N) is 1. The zero-order valence-electron chi connectivity index (χ0n) is 15.8. The smallest absolute Gasteiger partial charge is 0.274 e. The van der Waals surface area contributed by atoms with Crippen molar-refractivity contribution in [3.8, 4) is 5.75 Å². The van der Waals surface area contributed by atoms with Gasteiger partial charge in [-0.1, -0.05) is 39.8 Å². The summed E-state index contributed by atoms with van der Waals surface area (Å²) in [5.74, 6) is 0.233. The highest BCUT2D eigenvalue weighted by atomic mass is 127. The molecule has 0 saturated heterocycles. The Morgan fingerprint density at radius 2 is 2.15 bits per heavy atom. The molecule has 0 fully saturated rings. The standard InChI is InChI=1S/C20H25BIN2O3/c1-12(13-5-4-6-22-10-13)9-20(2,3)23-11-17(26)15-7-14(25)8-16-18(15)21-19(27)24-16/h4-8,10,12,17,23,25-26H,9,11H2,1-3H3,(H,24,27). The van der Waals surface area contributed by atoms with E-state index in [2.05, 4.69) is 51.7 Å². The van der Waals surface area contributed by atoms with E-state index in [4.69, 9.17) is 0 Å². The van der Waals surface area contributed by atoms with E-state index < -0.39 is 6.10 Å². The van der Waals surface area contributed by atoms with E-state index in [1.54, 1.807) is 0 Å². The molecule has 1 radical (unpaired) electrons. The summed E-state index contributed by atoms with van der Waals surface area (Å²) in [5.41, 5.74) is 2.98. The van der Waals surface area contributed by atoms with Crippen molar-refractivity contribution in [2.24, 2.45) is 5.92 Å². The van der Waals surface area contributed by atoms with Gasteiger partial charge in [-0.05, 0) is 56.9 Å². The van der Waals surface area contributed by atoms with Crippen LogP contribution in [0.3, 0.4) is 0 Å². The lowest BCUT2D eigenvalue weighted by molar-refractivity contribution is 0.157. The van der Waals surface area contributed by atoms with Crippen LogP contribution in [0, 0.1) is 5.92 Å². The van der Waals surface area contributed by atoms with Crippen LogP contribution in [0.2, 0.25) is 0 Å². The minimum atomic E-state index is -0.821. The molecule has 2 unspecified atom stereocenters. The SMILES string of the molecule is CC(CC(C)(C)NCC(O)c1cc(O)cc2c1[B]C(=O)N2)C1=CC=CI=C1. The first-order valence-electron chi connectivity index (χ1n) is 9.03. The normalized spacial score (nSPS) is 18.1. The number of aromatic hydroxyl groups is 1. The Morgan fingerprint density at radius 1 is 1.37 bits per heavy atom. The topological polar surface area (TPSA) is 81.6 Å². The Labute approximate surface area is 170 Å². The zero-order valence-corrected chi connectivity index (χ0v) is 17.9. The molecule has 0 spiro atoms. The number of halogens is 1. The molecule has 1 amide bonds. The van der Waals surface area contributed by atoms with Crippen molar-refractivity contribution >= 4 is 49.0 Å². The van der Waals surface area contributed by atoms with Crippen LogP contribution in [-0.4, -0.2) is 39.4 Å². The summed E-state index contributed by atoms with van der Waals surface area (Å²) in [6.07, 6.45) is 4.47. The number of fused-ring (bicyclic) bond motifs is 1. The van der Waals surface area contributed by atoms with Crippen LogP contribution in [0.4, 0.5) is 10.5 Å². The average molecular weight is 479 g/mol. The van der Waals surface area contributed by atoms with Gasteiger partial charge in [0.2, 0.25) is 0 Å². The second-order valence-electron chi connectivity index (χ2n) is 7.74. The second-order valence-corrected chi connectivity index (χ2v) is 9.80. The fourth-order valence-electron chi connectivity index (χ4n) is 3.55. The first-order valence-corrected chi connectivity index (χ1v) is 11.5. The number of phenolic OH excluding ortho intramolecular Hbond substituents is 1. The molecule has 0 bridgehead atoms. The van der Waals surface area contributed by atoms with Crippen LogP contribution in [0.15, 0.2) is 33.9 Å². The number of rotatable bonds is 7. The first kappa shape index (κ1) is 20.3. The van der Waals surface area contributed by atoms with E-state index in [9.17, 15) is 15.0 Å². The number of anilines is 1. The molecule has 0 saturated carbocycles. The third-order valence-electron chi connectivity index (χ3n) is 4.87. The number of hydrogen-bond acceptors (Lipinski definition) is 4. The van der Waals surface area contributed by atoms with E-state index in [-0.39, 0.29) is 37.8 Å². The molecule has 2 atom stereocenters. The van der Waals surface area contributed by atoms with Gasteiger partial charge in [-0.15, -0.1) is 0 Å². The number of allylic oxidation sites excluding steroid dienone is 3. The van der Waals surface area contributed by atoms with Crippen LogP contribution in [0.25, 0.3) is 0 Å². The largest absolute Gasteiger partial charge is 0.508 e. The van der Waals surface area contributed by atoms with E-state index in [1.165, 1.54) is 25.0 Å². The molecule has 1 aromatic carbocycles. The van der Waals surface area contributed by atoms with Gasteiger partial charge in [-0.3, -0.25) is 4.79 Å². The van der Waals surface area contributed by atoms with Gasteiger partial charge in [0.25, 0.3) is 7.28 Å². The molecule has 4 N–H and O–H groups in total. The van der Waals surface area contributed by atoms with Crippen molar-refractivity contribution in [1.82, 2.24) is 5.32 Å². The molecule has 1 aromatic rings. The van der Waals surface area contributed by atoms with Gasteiger partial charge in [-0.2, -0.15) is 0 Å². The van der Waals surface area contributed by atoms with Gasteiger partial charge in [0, 0.05) is 23.8 Å². The molecule has 0 aliphatic carbocycles. The highest BCUT2D eigenvalue weighted by molar-refractivity contribution is 14.2. The highest BCUT2D eigenvalue weighted by Crippen LogP contribution is 2.27. The summed E-state index contributed by atoms with van der Waals surface area (Å²) in [6, 6.07) is 3.02. The summed E-state index contributed by atoms with van der Waals surface area (Å²) >= 11 is 0.0434. The molecule has 2 aliphatic rings. The van der Waals surface area contributed by atoms with E-state index in [1.807, 2.05) is 0 Å². The number of aliphatic hydroxyl groups excluding tert-OH is 1. The molecular weight excluding hydrogens is 454 g/mol. The Kier molecular flexibility index (Phi) is 6.23. The van der Waals surface area contributed by atoms with E-state index in [0.717, 1.165) is 6.42 Å². The maximum absolute atomic E-state index is 11.6. The van der Waals surface area contributed by atoms with Crippen LogP contribution < -0.4 is 16.1 Å². The number of benzene rings is 1. The molecule has 2 aliphatic heterocycles. The number of phenols is 1. The predicted molar refractivity (Wildman–Crippen MR) is 121 cm³/mol. The Bertz CT molecular complexity index is 833. The summed E-state index contributed by atoms with van der Waals surface area (Å²) in [7, 11) is 1.46. The highest BCUT2D eigenvalue weighted by Gasteiger charge is 2.28. The maximum Gasteiger partial charge on any atom is 0.274 e. The van der Waals surface area contributed by atoms with Gasteiger partial charge in [-0.25, -0.2) is 0 Å². The van der Waals surface area contributed by atoms with Crippen LogP contribution in [0.1, 0.15) is 38.9 Å². The monoisotopic (exact) mass is 479 g/mol. The zero-order chi connectivity index (χ0) is 19.6. The maximum atomic E-state index is 11.6. The van der Waals surface area contributed by atoms with E-state index in [0.29, 0.717) is 29.2 Å². The second kappa shape index (κ2) is 8.28. The molecule has 0 aromatic heterocycles. The Balaban J connectivity index is 1.64. The van der Waals surface area contributed by atoms with E-state index >= 15 is 0 Å². The first-order chi connectivity index (χ1) is 12.7. The average Bonchev–Trinajstić information content (AvgIpc) is 2.99. The summed E-state index contributed by atoms with van der Waals surface area (Å²) < 4.78 is 4.61. The molecule has 2 heterocycles. The van der Waals surface area contributed by atoms with Crippen molar-refractivity contribution in [2.75, 3.05) is 11.9 Å². The lowest BCUT2D eigenvalue weighted by Gasteiger charge is -2.31.